The van der Waals surface area contributed by atoms with Crippen molar-refractivity contribution in [2.24, 2.45) is 11.8 Å². The second-order valence-electron chi connectivity index (χ2n) is 5.66. The number of hydrogen-bond donors (Lipinski definition) is 0. The van der Waals surface area contributed by atoms with E-state index in [2.05, 4.69) is 6.92 Å². The molecule has 2 atom stereocenters. The van der Waals surface area contributed by atoms with Crippen LogP contribution in [0.15, 0.2) is 0 Å². The topological polar surface area (TPSA) is 35.5 Å². The van der Waals surface area contributed by atoms with Crippen LogP contribution >= 0.6 is 0 Å². The van der Waals surface area contributed by atoms with Crippen molar-refractivity contribution in [2.75, 3.05) is 0 Å². The second-order valence-corrected chi connectivity index (χ2v) is 5.66. The minimum atomic E-state index is -0.383. The highest BCUT2D eigenvalue weighted by Gasteiger charge is 2.32. The minimum Gasteiger partial charge on any atom is -0.297 e. The van der Waals surface area contributed by atoms with Gasteiger partial charge in [-0.25, -0.2) is 4.79 Å². The van der Waals surface area contributed by atoms with E-state index in [1.807, 2.05) is 20.8 Å². The number of carbonyl (C=O) groups excluding carboxylic acids is 1. The van der Waals surface area contributed by atoms with E-state index >= 15 is 0 Å². The lowest BCUT2D eigenvalue weighted by atomic mass is 9.78. The van der Waals surface area contributed by atoms with Crippen LogP contribution in [0.3, 0.4) is 0 Å². The van der Waals surface area contributed by atoms with Crippen molar-refractivity contribution in [1.29, 1.82) is 0 Å². The lowest BCUT2D eigenvalue weighted by Gasteiger charge is -2.29. The van der Waals surface area contributed by atoms with Gasteiger partial charge in [0.15, 0.2) is 0 Å². The number of carbonyl (C=O) groups is 1. The normalized spacial score (nSPS) is 25.6. The highest BCUT2D eigenvalue weighted by atomic mass is 17.2. The van der Waals surface area contributed by atoms with Crippen LogP contribution in [0.2, 0.25) is 0 Å². The number of rotatable bonds is 5. The van der Waals surface area contributed by atoms with Crippen LogP contribution in [0.1, 0.15) is 66.2 Å². The highest BCUT2D eigenvalue weighted by molar-refractivity contribution is 5.72. The van der Waals surface area contributed by atoms with Gasteiger partial charge in [0, 0.05) is 0 Å². The summed E-state index contributed by atoms with van der Waals surface area (Å²) in [5.74, 6) is 0.351. The van der Waals surface area contributed by atoms with Gasteiger partial charge in [-0.05, 0) is 39.0 Å². The lowest BCUT2D eigenvalue weighted by Crippen LogP contribution is -2.32. The van der Waals surface area contributed by atoms with Crippen molar-refractivity contribution in [3.8, 4) is 0 Å². The molecule has 0 saturated heterocycles. The minimum absolute atomic E-state index is 0.0430. The molecule has 1 aliphatic rings. The van der Waals surface area contributed by atoms with Crippen LogP contribution in [0.25, 0.3) is 0 Å². The molecule has 3 heteroatoms. The molecule has 1 rings (SSSR count). The van der Waals surface area contributed by atoms with E-state index in [9.17, 15) is 4.79 Å². The molecular weight excluding hydrogens is 216 g/mol. The van der Waals surface area contributed by atoms with Crippen molar-refractivity contribution >= 4 is 5.97 Å². The smallest absolute Gasteiger partial charge is 0.297 e. The standard InChI is InChI=1S/C14H26O3/c1-5-11-9-7-8-10-12(11)13(15)16-17-14(3,4)6-2/h11-12H,5-10H2,1-4H3. The Bertz CT molecular complexity index is 248. The largest absolute Gasteiger partial charge is 0.345 e. The van der Waals surface area contributed by atoms with E-state index in [0.717, 1.165) is 32.1 Å². The van der Waals surface area contributed by atoms with Crippen LogP contribution in [-0.2, 0) is 14.6 Å². The fraction of sp³-hybridized carbons (Fsp3) is 0.929. The van der Waals surface area contributed by atoms with Crippen molar-refractivity contribution < 1.29 is 14.6 Å². The predicted octanol–water partition coefficient (Wildman–Crippen LogP) is 3.87. The van der Waals surface area contributed by atoms with E-state index in [-0.39, 0.29) is 17.5 Å². The summed E-state index contributed by atoms with van der Waals surface area (Å²) in [6, 6.07) is 0. The molecule has 0 N–H and O–H groups in total. The molecule has 0 aliphatic heterocycles. The maximum Gasteiger partial charge on any atom is 0.345 e. The first-order valence-electron chi connectivity index (χ1n) is 6.89. The summed E-state index contributed by atoms with van der Waals surface area (Å²) in [6.07, 6.45) is 6.34. The highest BCUT2D eigenvalue weighted by Crippen LogP contribution is 2.33. The Morgan fingerprint density at radius 2 is 1.88 bits per heavy atom. The van der Waals surface area contributed by atoms with Gasteiger partial charge in [0.2, 0.25) is 0 Å². The first kappa shape index (κ1) is 14.5. The summed E-state index contributed by atoms with van der Waals surface area (Å²) in [5, 5.41) is 0. The summed E-state index contributed by atoms with van der Waals surface area (Å²) in [6.45, 7) is 8.02. The average molecular weight is 242 g/mol. The fourth-order valence-electron chi connectivity index (χ4n) is 2.28. The quantitative estimate of drug-likeness (QED) is 0.542. The molecule has 0 aromatic rings. The molecule has 1 aliphatic carbocycles. The van der Waals surface area contributed by atoms with Gasteiger partial charge in [-0.1, -0.05) is 33.1 Å². The first-order chi connectivity index (χ1) is 8.00. The van der Waals surface area contributed by atoms with E-state index in [0.29, 0.717) is 5.92 Å². The monoisotopic (exact) mass is 242 g/mol. The van der Waals surface area contributed by atoms with Crippen LogP contribution < -0.4 is 0 Å². The van der Waals surface area contributed by atoms with Crippen molar-refractivity contribution in [3.05, 3.63) is 0 Å². The Morgan fingerprint density at radius 3 is 2.47 bits per heavy atom. The third-order valence-electron chi connectivity index (χ3n) is 3.94. The second kappa shape index (κ2) is 6.39. The Kier molecular flexibility index (Phi) is 5.44. The zero-order chi connectivity index (χ0) is 12.9. The van der Waals surface area contributed by atoms with E-state index in [1.165, 1.54) is 6.42 Å². The third-order valence-corrected chi connectivity index (χ3v) is 3.94. The SMILES string of the molecule is CCC1CCCCC1C(=O)OOC(C)(C)CC. The molecule has 0 spiro atoms. The van der Waals surface area contributed by atoms with E-state index in [1.54, 1.807) is 0 Å². The van der Waals surface area contributed by atoms with E-state index in [4.69, 9.17) is 9.78 Å². The maximum absolute atomic E-state index is 12.0. The molecule has 2 unspecified atom stereocenters. The summed E-state index contributed by atoms with van der Waals surface area (Å²) in [4.78, 5) is 22.3. The molecule has 3 nitrogen and oxygen atoms in total. The van der Waals surface area contributed by atoms with Crippen LogP contribution in [0.5, 0.6) is 0 Å². The van der Waals surface area contributed by atoms with Gasteiger partial charge in [-0.2, -0.15) is 4.89 Å². The van der Waals surface area contributed by atoms with E-state index < -0.39 is 0 Å². The molecule has 100 valence electrons. The van der Waals surface area contributed by atoms with Crippen molar-refractivity contribution in [2.45, 2.75) is 71.8 Å². The summed E-state index contributed by atoms with van der Waals surface area (Å²) in [7, 11) is 0. The Labute approximate surface area is 105 Å². The Hall–Kier alpha value is -0.570. The molecule has 0 amide bonds. The van der Waals surface area contributed by atoms with Gasteiger partial charge < -0.3 is 0 Å². The Balaban J connectivity index is 2.45. The number of hydrogen-bond acceptors (Lipinski definition) is 3. The lowest BCUT2D eigenvalue weighted by molar-refractivity contribution is -0.329. The fourth-order valence-corrected chi connectivity index (χ4v) is 2.28. The van der Waals surface area contributed by atoms with Crippen molar-refractivity contribution in [1.82, 2.24) is 0 Å². The maximum atomic E-state index is 12.0. The van der Waals surface area contributed by atoms with Crippen molar-refractivity contribution in [3.63, 3.8) is 0 Å². The Morgan fingerprint density at radius 1 is 1.24 bits per heavy atom. The molecule has 1 fully saturated rings. The molecule has 17 heavy (non-hydrogen) atoms. The summed E-state index contributed by atoms with van der Waals surface area (Å²) >= 11 is 0. The third kappa shape index (κ3) is 4.30. The predicted molar refractivity (Wildman–Crippen MR) is 67.3 cm³/mol. The zero-order valence-corrected chi connectivity index (χ0v) is 11.6. The average Bonchev–Trinajstić information content (AvgIpc) is 2.36. The molecule has 0 aromatic carbocycles. The van der Waals surface area contributed by atoms with Gasteiger partial charge in [0.1, 0.15) is 5.60 Å². The summed E-state index contributed by atoms with van der Waals surface area (Å²) in [5.41, 5.74) is -0.383. The van der Waals surface area contributed by atoms with Crippen LogP contribution in [0, 0.1) is 11.8 Å². The van der Waals surface area contributed by atoms with Gasteiger partial charge >= 0.3 is 5.97 Å². The van der Waals surface area contributed by atoms with Gasteiger partial charge in [0.05, 0.1) is 5.92 Å². The molecule has 0 bridgehead atoms. The first-order valence-corrected chi connectivity index (χ1v) is 6.89. The molecule has 0 aromatic heterocycles. The molecule has 0 radical (unpaired) electrons. The molecular formula is C14H26O3. The molecule has 0 heterocycles. The van der Waals surface area contributed by atoms with Crippen LogP contribution in [0.4, 0.5) is 0 Å². The van der Waals surface area contributed by atoms with Crippen LogP contribution in [-0.4, -0.2) is 11.6 Å². The zero-order valence-electron chi connectivity index (χ0n) is 11.6. The van der Waals surface area contributed by atoms with Gasteiger partial charge in [0.25, 0.3) is 0 Å². The van der Waals surface area contributed by atoms with Gasteiger partial charge in [-0.3, -0.25) is 4.89 Å². The van der Waals surface area contributed by atoms with Gasteiger partial charge in [-0.15, -0.1) is 0 Å². The summed E-state index contributed by atoms with van der Waals surface area (Å²) < 4.78 is 0. The molecule has 1 saturated carbocycles.